The quantitative estimate of drug-likeness (QED) is 0.588. The predicted molar refractivity (Wildman–Crippen MR) is 64.6 cm³/mol. The van der Waals surface area contributed by atoms with Gasteiger partial charge in [-0.3, -0.25) is 0 Å². The fraction of sp³-hybridized carbons (Fsp3) is 1.00. The summed E-state index contributed by atoms with van der Waals surface area (Å²) >= 11 is 5.40. The number of hydrogen-bond donors (Lipinski definition) is 2. The number of alkyl halides is 1. The van der Waals surface area contributed by atoms with Crippen LogP contribution in [-0.2, 0) is 28.6 Å². The Kier molecular flexibility index (Phi) is 4.34. The molecule has 11 heteroatoms. The molecule has 1 rings (SSSR count). The van der Waals surface area contributed by atoms with Gasteiger partial charge < -0.3 is 5.73 Å². The van der Waals surface area contributed by atoms with Crippen LogP contribution in [0.15, 0.2) is 0 Å². The van der Waals surface area contributed by atoms with Gasteiger partial charge in [-0.25, -0.2) is 13.7 Å². The number of nitrogens with two attached hydrogens (primary N) is 1. The van der Waals surface area contributed by atoms with Crippen molar-refractivity contribution >= 4 is 31.8 Å². The van der Waals surface area contributed by atoms with Crippen molar-refractivity contribution in [2.24, 2.45) is 5.73 Å². The van der Waals surface area contributed by atoms with E-state index in [0.717, 1.165) is 0 Å². The van der Waals surface area contributed by atoms with Crippen LogP contribution >= 0.6 is 11.6 Å². The molecule has 0 aromatic rings. The fourth-order valence-corrected chi connectivity index (χ4v) is 3.92. The average molecular weight is 323 g/mol. The molecule has 18 heavy (non-hydrogen) atoms. The van der Waals surface area contributed by atoms with E-state index in [1.165, 1.54) is 13.8 Å². The minimum atomic E-state index is -4.09. The Morgan fingerprint density at radius 2 is 1.89 bits per heavy atom. The highest BCUT2D eigenvalue weighted by molar-refractivity contribution is 7.92. The highest BCUT2D eigenvalue weighted by Gasteiger charge is 2.55. The van der Waals surface area contributed by atoms with Crippen molar-refractivity contribution in [3.05, 3.63) is 0 Å². The molecule has 1 fully saturated rings. The number of hydrogen-bond acceptors (Lipinski definition) is 8. The number of sulfone groups is 1. The predicted octanol–water partition coefficient (Wildman–Crippen LogP) is -1.13. The molecular formula is C7H15ClN2O6S2. The highest BCUT2D eigenvalue weighted by Crippen LogP contribution is 2.31. The lowest BCUT2D eigenvalue weighted by Crippen LogP contribution is -2.70. The highest BCUT2D eigenvalue weighted by atomic mass is 35.5. The maximum atomic E-state index is 11.9. The van der Waals surface area contributed by atoms with Crippen molar-refractivity contribution in [1.82, 2.24) is 5.32 Å². The maximum Gasteiger partial charge on any atom is 0.407 e. The standard InChI is InChI=1S/C7H15ClN2O6S2/c1-6(2,17(11,12)4-3-8)10-7(5-9)15-18(13,14)16-7/h10H,3-5,9H2,1-2H3. The van der Waals surface area contributed by atoms with E-state index >= 15 is 0 Å². The molecule has 1 saturated heterocycles. The zero-order valence-corrected chi connectivity index (χ0v) is 12.2. The van der Waals surface area contributed by atoms with E-state index < -0.39 is 31.0 Å². The first-order chi connectivity index (χ1) is 7.99. The van der Waals surface area contributed by atoms with E-state index in [2.05, 4.69) is 13.7 Å². The summed E-state index contributed by atoms with van der Waals surface area (Å²) < 4.78 is 54.4. The van der Waals surface area contributed by atoms with E-state index in [9.17, 15) is 16.8 Å². The molecule has 0 atom stereocenters. The van der Waals surface area contributed by atoms with Gasteiger partial charge in [0, 0.05) is 5.88 Å². The molecule has 8 nitrogen and oxygen atoms in total. The van der Waals surface area contributed by atoms with Gasteiger partial charge in [-0.1, -0.05) is 0 Å². The molecule has 0 aromatic carbocycles. The van der Waals surface area contributed by atoms with Gasteiger partial charge in [0.1, 0.15) is 4.87 Å². The van der Waals surface area contributed by atoms with Gasteiger partial charge in [0.25, 0.3) is 5.91 Å². The largest absolute Gasteiger partial charge is 0.407 e. The first kappa shape index (κ1) is 16.1. The Balaban J connectivity index is 2.89. The summed E-state index contributed by atoms with van der Waals surface area (Å²) in [6.07, 6.45) is 0. The molecule has 1 heterocycles. The molecular weight excluding hydrogens is 308 g/mol. The van der Waals surface area contributed by atoms with Crippen molar-refractivity contribution < 1.29 is 25.2 Å². The van der Waals surface area contributed by atoms with Gasteiger partial charge in [-0.05, 0) is 13.8 Å². The molecule has 3 N–H and O–H groups in total. The van der Waals surface area contributed by atoms with Gasteiger partial charge in [0.15, 0.2) is 9.84 Å². The summed E-state index contributed by atoms with van der Waals surface area (Å²) in [5.74, 6) is -2.20. The van der Waals surface area contributed by atoms with Crippen LogP contribution in [0.5, 0.6) is 0 Å². The van der Waals surface area contributed by atoms with Crippen molar-refractivity contribution in [3.63, 3.8) is 0 Å². The van der Waals surface area contributed by atoms with E-state index in [1.54, 1.807) is 0 Å². The number of nitrogens with one attached hydrogen (secondary N) is 1. The summed E-state index contributed by atoms with van der Waals surface area (Å²) in [7, 11) is -7.71. The molecule has 0 spiro atoms. The van der Waals surface area contributed by atoms with Gasteiger partial charge in [-0.15, -0.1) is 11.6 Å². The Hall–Kier alpha value is 0.0300. The molecule has 0 aliphatic carbocycles. The van der Waals surface area contributed by atoms with Crippen LogP contribution in [0.2, 0.25) is 0 Å². The number of halogens is 1. The smallest absolute Gasteiger partial charge is 0.324 e. The van der Waals surface area contributed by atoms with E-state index in [4.69, 9.17) is 17.3 Å². The lowest BCUT2D eigenvalue weighted by Gasteiger charge is -2.43. The zero-order chi connectivity index (χ0) is 14.2. The molecule has 0 aromatic heterocycles. The Labute approximate surface area is 111 Å². The summed E-state index contributed by atoms with van der Waals surface area (Å²) in [5, 5.41) is 2.44. The van der Waals surface area contributed by atoms with E-state index in [1.807, 2.05) is 0 Å². The summed E-state index contributed by atoms with van der Waals surface area (Å²) in [6, 6.07) is 0. The van der Waals surface area contributed by atoms with Crippen LogP contribution in [0.1, 0.15) is 13.8 Å². The van der Waals surface area contributed by atoms with Crippen molar-refractivity contribution in [2.75, 3.05) is 18.2 Å². The van der Waals surface area contributed by atoms with E-state index in [-0.39, 0.29) is 18.2 Å². The monoisotopic (exact) mass is 322 g/mol. The molecule has 0 amide bonds. The van der Waals surface area contributed by atoms with Crippen LogP contribution in [0.4, 0.5) is 0 Å². The molecule has 108 valence electrons. The van der Waals surface area contributed by atoms with Gasteiger partial charge >= 0.3 is 10.4 Å². The van der Waals surface area contributed by atoms with Crippen molar-refractivity contribution in [2.45, 2.75) is 24.6 Å². The second kappa shape index (κ2) is 4.85. The van der Waals surface area contributed by atoms with Crippen LogP contribution < -0.4 is 11.1 Å². The van der Waals surface area contributed by atoms with E-state index in [0.29, 0.717) is 0 Å². The third-order valence-electron chi connectivity index (χ3n) is 2.36. The molecule has 0 unspecified atom stereocenters. The number of rotatable bonds is 6. The second-order valence-electron chi connectivity index (χ2n) is 4.18. The topological polar surface area (TPSA) is 125 Å². The van der Waals surface area contributed by atoms with Crippen LogP contribution in [-0.4, -0.2) is 45.8 Å². The molecule has 0 saturated carbocycles. The zero-order valence-electron chi connectivity index (χ0n) is 9.84. The van der Waals surface area contributed by atoms with Crippen LogP contribution in [0.3, 0.4) is 0 Å². The van der Waals surface area contributed by atoms with Crippen molar-refractivity contribution in [1.29, 1.82) is 0 Å². The summed E-state index contributed by atoms with van der Waals surface area (Å²) in [4.78, 5) is -1.50. The van der Waals surface area contributed by atoms with Crippen molar-refractivity contribution in [3.8, 4) is 0 Å². The Morgan fingerprint density at radius 3 is 2.22 bits per heavy atom. The fourth-order valence-electron chi connectivity index (χ4n) is 1.39. The van der Waals surface area contributed by atoms with Gasteiger partial charge in [0.2, 0.25) is 0 Å². The lowest BCUT2D eigenvalue weighted by molar-refractivity contribution is -0.207. The summed E-state index contributed by atoms with van der Waals surface area (Å²) in [6.45, 7) is 2.31. The minimum absolute atomic E-state index is 0.0803. The van der Waals surface area contributed by atoms with Crippen LogP contribution in [0, 0.1) is 0 Å². The van der Waals surface area contributed by atoms with Gasteiger partial charge in [0.05, 0.1) is 12.3 Å². The van der Waals surface area contributed by atoms with Crippen LogP contribution in [0.25, 0.3) is 0 Å². The first-order valence-electron chi connectivity index (χ1n) is 4.93. The molecule has 0 radical (unpaired) electrons. The lowest BCUT2D eigenvalue weighted by atomic mass is 10.3. The molecule has 0 bridgehead atoms. The third-order valence-corrected chi connectivity index (χ3v) is 6.12. The maximum absolute atomic E-state index is 11.9. The summed E-state index contributed by atoms with van der Waals surface area (Å²) in [5.41, 5.74) is 5.32. The second-order valence-corrected chi connectivity index (χ2v) is 8.36. The molecule has 1 aliphatic rings. The minimum Gasteiger partial charge on any atom is -0.324 e. The Morgan fingerprint density at radius 1 is 1.39 bits per heavy atom. The first-order valence-corrected chi connectivity index (χ1v) is 8.45. The molecule has 1 aliphatic heterocycles. The van der Waals surface area contributed by atoms with Gasteiger partial charge in [-0.2, -0.15) is 16.8 Å². The Bertz CT molecular complexity index is 502. The SMILES string of the molecule is CC(C)(NC1(CN)OS(=O)(=O)O1)S(=O)(=O)CCCl. The third kappa shape index (κ3) is 3.13. The normalized spacial score (nSPS) is 22.4. The average Bonchev–Trinajstić information content (AvgIpc) is 2.13.